The topological polar surface area (TPSA) is 38.3 Å². The van der Waals surface area contributed by atoms with E-state index in [1.54, 1.807) is 6.07 Å². The number of carbonyl (C=O) groups is 1. The molecular formula is C15H20ClNO2. The Balaban J connectivity index is 1.90. The number of nitrogens with one attached hydrogen (secondary N) is 1. The monoisotopic (exact) mass is 281 g/mol. The van der Waals surface area contributed by atoms with Crippen molar-refractivity contribution in [3.63, 3.8) is 0 Å². The summed E-state index contributed by atoms with van der Waals surface area (Å²) in [5.74, 6) is 1.37. The minimum absolute atomic E-state index is 0.0123. The molecule has 0 saturated carbocycles. The van der Waals surface area contributed by atoms with E-state index in [0.717, 1.165) is 24.2 Å². The molecule has 0 saturated heterocycles. The van der Waals surface area contributed by atoms with E-state index in [0.29, 0.717) is 24.6 Å². The Morgan fingerprint density at radius 3 is 3.00 bits per heavy atom. The Hall–Kier alpha value is -1.22. The molecule has 0 spiro atoms. The third kappa shape index (κ3) is 3.87. The van der Waals surface area contributed by atoms with E-state index < -0.39 is 0 Å². The zero-order valence-electron chi connectivity index (χ0n) is 11.4. The molecule has 1 amide bonds. The van der Waals surface area contributed by atoms with Crippen molar-refractivity contribution < 1.29 is 9.53 Å². The fraction of sp³-hybridized carbons (Fsp3) is 0.533. The lowest BCUT2D eigenvalue weighted by molar-refractivity contribution is 0.0953. The summed E-state index contributed by atoms with van der Waals surface area (Å²) in [6.45, 7) is 5.46. The van der Waals surface area contributed by atoms with Gasteiger partial charge in [0.05, 0.1) is 12.0 Å². The Labute approximate surface area is 119 Å². The maximum absolute atomic E-state index is 12.0. The number of hydrogen-bond donors (Lipinski definition) is 1. The number of carbonyl (C=O) groups excluding carboxylic acids is 1. The Morgan fingerprint density at radius 2 is 2.26 bits per heavy atom. The van der Waals surface area contributed by atoms with Crippen LogP contribution in [-0.2, 0) is 6.42 Å². The average molecular weight is 282 g/mol. The summed E-state index contributed by atoms with van der Waals surface area (Å²) in [5.41, 5.74) is 1.79. The second-order valence-electron chi connectivity index (χ2n) is 5.36. The van der Waals surface area contributed by atoms with Crippen molar-refractivity contribution >= 4 is 17.5 Å². The lowest BCUT2D eigenvalue weighted by atomic mass is 10.1. The van der Waals surface area contributed by atoms with Gasteiger partial charge in [-0.1, -0.05) is 13.8 Å². The smallest absolute Gasteiger partial charge is 0.251 e. The van der Waals surface area contributed by atoms with Crippen molar-refractivity contribution in [1.29, 1.82) is 0 Å². The van der Waals surface area contributed by atoms with Gasteiger partial charge in [0.1, 0.15) is 5.75 Å². The summed E-state index contributed by atoms with van der Waals surface area (Å²) in [6, 6.07) is 5.57. The second-order valence-corrected chi connectivity index (χ2v) is 5.98. The first-order chi connectivity index (χ1) is 9.06. The molecule has 3 nitrogen and oxygen atoms in total. The number of rotatable bonds is 5. The van der Waals surface area contributed by atoms with Gasteiger partial charge in [0.2, 0.25) is 0 Å². The Morgan fingerprint density at radius 1 is 1.47 bits per heavy atom. The molecule has 1 atom stereocenters. The molecule has 1 N–H and O–H groups in total. The third-order valence-corrected chi connectivity index (χ3v) is 3.50. The van der Waals surface area contributed by atoms with Gasteiger partial charge in [-0.15, -0.1) is 11.6 Å². The number of ether oxygens (including phenoxy) is 1. The molecule has 0 aromatic heterocycles. The summed E-state index contributed by atoms with van der Waals surface area (Å²) >= 11 is 6.17. The van der Waals surface area contributed by atoms with Crippen LogP contribution in [0.15, 0.2) is 18.2 Å². The lowest BCUT2D eigenvalue weighted by Gasteiger charge is -2.13. The van der Waals surface area contributed by atoms with Gasteiger partial charge < -0.3 is 10.1 Å². The molecule has 1 heterocycles. The van der Waals surface area contributed by atoms with Crippen LogP contribution in [0.4, 0.5) is 0 Å². The number of amides is 1. The minimum Gasteiger partial charge on any atom is -0.493 e. The molecule has 0 radical (unpaired) electrons. The molecular weight excluding hydrogens is 262 g/mol. The minimum atomic E-state index is -0.0656. The van der Waals surface area contributed by atoms with Gasteiger partial charge in [-0.25, -0.2) is 0 Å². The van der Waals surface area contributed by atoms with Crippen LogP contribution in [0.1, 0.15) is 36.2 Å². The van der Waals surface area contributed by atoms with Gasteiger partial charge in [0.25, 0.3) is 5.91 Å². The van der Waals surface area contributed by atoms with Gasteiger partial charge in [0.15, 0.2) is 0 Å². The van der Waals surface area contributed by atoms with Gasteiger partial charge in [-0.2, -0.15) is 0 Å². The quantitative estimate of drug-likeness (QED) is 0.843. The van der Waals surface area contributed by atoms with Crippen LogP contribution in [-0.4, -0.2) is 24.4 Å². The highest BCUT2D eigenvalue weighted by atomic mass is 35.5. The predicted octanol–water partition coefficient (Wildman–Crippen LogP) is 3.00. The fourth-order valence-corrected chi connectivity index (χ4v) is 2.66. The molecule has 0 fully saturated rings. The summed E-state index contributed by atoms with van der Waals surface area (Å²) in [4.78, 5) is 12.0. The molecule has 1 unspecified atom stereocenters. The van der Waals surface area contributed by atoms with Crippen LogP contribution in [0.2, 0.25) is 0 Å². The zero-order chi connectivity index (χ0) is 13.8. The van der Waals surface area contributed by atoms with Crippen molar-refractivity contribution in [2.45, 2.75) is 32.1 Å². The summed E-state index contributed by atoms with van der Waals surface area (Å²) in [6.07, 6.45) is 1.78. The number of benzene rings is 1. The number of halogens is 1. The number of alkyl halides is 1. The van der Waals surface area contributed by atoms with Gasteiger partial charge in [-0.3, -0.25) is 4.79 Å². The Bertz CT molecular complexity index is 459. The van der Waals surface area contributed by atoms with Crippen LogP contribution in [0, 0.1) is 5.92 Å². The van der Waals surface area contributed by atoms with Crippen LogP contribution in [0.5, 0.6) is 5.75 Å². The van der Waals surface area contributed by atoms with Crippen LogP contribution in [0.25, 0.3) is 0 Å². The van der Waals surface area contributed by atoms with E-state index in [-0.39, 0.29) is 11.3 Å². The molecule has 1 aromatic rings. The van der Waals surface area contributed by atoms with E-state index in [4.69, 9.17) is 16.3 Å². The molecule has 2 rings (SSSR count). The standard InChI is InChI=1S/C15H20ClNO2/c1-10(2)7-13(16)9-17-15(18)12-3-4-14-11(8-12)5-6-19-14/h3-4,8,10,13H,5-7,9H2,1-2H3,(H,17,18). The normalized spacial score (nSPS) is 14.9. The van der Waals surface area contributed by atoms with E-state index in [1.807, 2.05) is 12.1 Å². The molecule has 104 valence electrons. The highest BCUT2D eigenvalue weighted by molar-refractivity contribution is 6.21. The largest absolute Gasteiger partial charge is 0.493 e. The second kappa shape index (κ2) is 6.29. The number of hydrogen-bond acceptors (Lipinski definition) is 2. The van der Waals surface area contributed by atoms with Gasteiger partial charge in [0, 0.05) is 18.5 Å². The van der Waals surface area contributed by atoms with Crippen molar-refractivity contribution in [1.82, 2.24) is 5.32 Å². The molecule has 4 heteroatoms. The molecule has 0 aliphatic carbocycles. The SMILES string of the molecule is CC(C)CC(Cl)CNC(=O)c1ccc2c(c1)CCO2. The summed E-state index contributed by atoms with van der Waals surface area (Å²) in [7, 11) is 0. The highest BCUT2D eigenvalue weighted by Gasteiger charge is 2.15. The number of fused-ring (bicyclic) bond motifs is 1. The first-order valence-corrected chi connectivity index (χ1v) is 7.18. The van der Waals surface area contributed by atoms with E-state index >= 15 is 0 Å². The maximum Gasteiger partial charge on any atom is 0.251 e. The van der Waals surface area contributed by atoms with Crippen molar-refractivity contribution in [3.05, 3.63) is 29.3 Å². The maximum atomic E-state index is 12.0. The van der Waals surface area contributed by atoms with Gasteiger partial charge >= 0.3 is 0 Å². The summed E-state index contributed by atoms with van der Waals surface area (Å²) in [5, 5.41) is 2.87. The van der Waals surface area contributed by atoms with Crippen molar-refractivity contribution in [2.24, 2.45) is 5.92 Å². The molecule has 19 heavy (non-hydrogen) atoms. The van der Waals surface area contributed by atoms with Gasteiger partial charge in [-0.05, 0) is 36.1 Å². The van der Waals surface area contributed by atoms with E-state index in [2.05, 4.69) is 19.2 Å². The van der Waals surface area contributed by atoms with Crippen molar-refractivity contribution in [3.8, 4) is 5.75 Å². The molecule has 1 aliphatic heterocycles. The first-order valence-electron chi connectivity index (χ1n) is 6.74. The van der Waals surface area contributed by atoms with Crippen LogP contribution >= 0.6 is 11.6 Å². The molecule has 1 aromatic carbocycles. The fourth-order valence-electron chi connectivity index (χ4n) is 2.23. The third-order valence-electron chi connectivity index (χ3n) is 3.16. The first kappa shape index (κ1) is 14.2. The molecule has 1 aliphatic rings. The summed E-state index contributed by atoms with van der Waals surface area (Å²) < 4.78 is 5.42. The lowest BCUT2D eigenvalue weighted by Crippen LogP contribution is -2.30. The Kier molecular flexibility index (Phi) is 4.70. The average Bonchev–Trinajstić information content (AvgIpc) is 2.82. The zero-order valence-corrected chi connectivity index (χ0v) is 12.2. The molecule has 0 bridgehead atoms. The van der Waals surface area contributed by atoms with Crippen LogP contribution in [0.3, 0.4) is 0 Å². The van der Waals surface area contributed by atoms with E-state index in [9.17, 15) is 4.79 Å². The van der Waals surface area contributed by atoms with Crippen LogP contribution < -0.4 is 10.1 Å². The van der Waals surface area contributed by atoms with E-state index in [1.165, 1.54) is 0 Å². The highest BCUT2D eigenvalue weighted by Crippen LogP contribution is 2.25. The van der Waals surface area contributed by atoms with Crippen molar-refractivity contribution in [2.75, 3.05) is 13.2 Å². The predicted molar refractivity (Wildman–Crippen MR) is 77.1 cm³/mol.